The molecule has 2 aromatic carbocycles. The average molecular weight is 355 g/mol. The molecule has 0 saturated heterocycles. The molecule has 2 N–H and O–H groups in total. The van der Waals surface area contributed by atoms with Gasteiger partial charge in [0.15, 0.2) is 0 Å². The summed E-state index contributed by atoms with van der Waals surface area (Å²) in [5.74, 6) is 0.982. The molecule has 1 aliphatic rings. The van der Waals surface area contributed by atoms with E-state index in [1.165, 1.54) is 55.7 Å². The third kappa shape index (κ3) is 6.62. The van der Waals surface area contributed by atoms with Gasteiger partial charge in [-0.1, -0.05) is 49.6 Å². The van der Waals surface area contributed by atoms with Gasteiger partial charge in [0.05, 0.1) is 6.61 Å². The molecular weight excluding hydrogens is 320 g/mol. The highest BCUT2D eigenvalue weighted by Crippen LogP contribution is 2.20. The van der Waals surface area contributed by atoms with Crippen molar-refractivity contribution in [2.24, 2.45) is 0 Å². The van der Waals surface area contributed by atoms with Crippen molar-refractivity contribution in [3.63, 3.8) is 0 Å². The fourth-order valence-electron chi connectivity index (χ4n) is 3.77. The Morgan fingerprint density at radius 1 is 0.808 bits per heavy atom. The lowest BCUT2D eigenvalue weighted by atomic mass is 9.95. The lowest BCUT2D eigenvalue weighted by molar-refractivity contribution is 0.305. The monoisotopic (exact) mass is 354 g/mol. The van der Waals surface area contributed by atoms with Crippen LogP contribution in [0.5, 0.6) is 5.75 Å². The molecule has 142 valence electrons. The van der Waals surface area contributed by atoms with Gasteiger partial charge in [-0.05, 0) is 61.6 Å². The molecule has 0 bridgehead atoms. The molecule has 2 aromatic rings. The minimum Gasteiger partial charge on any atom is -0.494 e. The fourth-order valence-corrected chi connectivity index (χ4v) is 3.77. The zero-order chi connectivity index (χ0) is 17.9. The van der Waals surface area contributed by atoms with Crippen molar-refractivity contribution >= 4 is 10.8 Å². The molecule has 0 amide bonds. The van der Waals surface area contributed by atoms with Gasteiger partial charge in [0, 0.05) is 19.1 Å². The van der Waals surface area contributed by atoms with Crippen LogP contribution in [0.25, 0.3) is 10.8 Å². The second-order valence-corrected chi connectivity index (χ2v) is 7.46. The number of hydrogen-bond donors (Lipinski definition) is 2. The Bertz CT molecular complexity index is 637. The summed E-state index contributed by atoms with van der Waals surface area (Å²) < 4.78 is 5.90. The topological polar surface area (TPSA) is 33.3 Å². The first-order chi connectivity index (χ1) is 12.9. The van der Waals surface area contributed by atoms with Crippen LogP contribution in [0.4, 0.5) is 0 Å². The molecule has 0 spiro atoms. The van der Waals surface area contributed by atoms with Gasteiger partial charge in [-0.15, -0.1) is 0 Å². The zero-order valence-corrected chi connectivity index (χ0v) is 16.0. The van der Waals surface area contributed by atoms with Crippen molar-refractivity contribution in [1.29, 1.82) is 0 Å². The Morgan fingerprint density at radius 3 is 2.54 bits per heavy atom. The van der Waals surface area contributed by atoms with Gasteiger partial charge < -0.3 is 15.4 Å². The molecule has 0 heterocycles. The van der Waals surface area contributed by atoms with Crippen molar-refractivity contribution in [2.45, 2.75) is 57.4 Å². The maximum Gasteiger partial charge on any atom is 0.119 e. The Balaban J connectivity index is 1.17. The van der Waals surface area contributed by atoms with Gasteiger partial charge in [0.2, 0.25) is 0 Å². The summed E-state index contributed by atoms with van der Waals surface area (Å²) in [6.45, 7) is 4.11. The number of fused-ring (bicyclic) bond motifs is 1. The Morgan fingerprint density at radius 2 is 1.65 bits per heavy atom. The molecule has 1 saturated carbocycles. The quantitative estimate of drug-likeness (QED) is 0.563. The van der Waals surface area contributed by atoms with Crippen LogP contribution >= 0.6 is 0 Å². The summed E-state index contributed by atoms with van der Waals surface area (Å²) in [6.07, 6.45) is 10.6. The highest BCUT2D eigenvalue weighted by atomic mass is 16.5. The molecular formula is C23H34N2O. The Kier molecular flexibility index (Phi) is 8.27. The molecule has 3 nitrogen and oxygen atoms in total. The molecule has 0 atom stereocenters. The van der Waals surface area contributed by atoms with E-state index in [-0.39, 0.29) is 0 Å². The molecule has 0 aromatic heterocycles. The van der Waals surface area contributed by atoms with Gasteiger partial charge >= 0.3 is 0 Å². The standard InChI is InChI=1S/C23H34N2O/c1-3-11-22(12-4-1)25-17-16-24-15-7-2-8-18-26-23-14-13-20-9-5-6-10-21(20)19-23/h5-6,9-10,13-14,19,22,24-25H,1-4,7-8,11-12,15-18H2. The highest BCUT2D eigenvalue weighted by molar-refractivity contribution is 5.83. The Labute approximate surface area is 158 Å². The molecule has 0 radical (unpaired) electrons. The van der Waals surface area contributed by atoms with Gasteiger partial charge in [-0.3, -0.25) is 0 Å². The molecule has 3 heteroatoms. The van der Waals surface area contributed by atoms with E-state index in [2.05, 4.69) is 53.1 Å². The molecule has 1 aliphatic carbocycles. The van der Waals surface area contributed by atoms with E-state index in [1.54, 1.807) is 0 Å². The van der Waals surface area contributed by atoms with E-state index < -0.39 is 0 Å². The molecule has 1 fully saturated rings. The van der Waals surface area contributed by atoms with Crippen molar-refractivity contribution in [1.82, 2.24) is 10.6 Å². The fraction of sp³-hybridized carbons (Fsp3) is 0.565. The van der Waals surface area contributed by atoms with Crippen LogP contribution in [-0.2, 0) is 0 Å². The predicted molar refractivity (Wildman–Crippen MR) is 111 cm³/mol. The minimum absolute atomic E-state index is 0.776. The third-order valence-corrected chi connectivity index (χ3v) is 5.33. The normalized spacial score (nSPS) is 15.4. The van der Waals surface area contributed by atoms with Gasteiger partial charge in [-0.25, -0.2) is 0 Å². The van der Waals surface area contributed by atoms with Gasteiger partial charge in [0.1, 0.15) is 5.75 Å². The van der Waals surface area contributed by atoms with E-state index >= 15 is 0 Å². The van der Waals surface area contributed by atoms with Crippen LogP contribution < -0.4 is 15.4 Å². The van der Waals surface area contributed by atoms with E-state index in [0.717, 1.165) is 44.5 Å². The van der Waals surface area contributed by atoms with Crippen LogP contribution in [0.15, 0.2) is 42.5 Å². The number of ether oxygens (including phenoxy) is 1. The molecule has 3 rings (SSSR count). The van der Waals surface area contributed by atoms with E-state index in [9.17, 15) is 0 Å². The highest BCUT2D eigenvalue weighted by Gasteiger charge is 2.11. The zero-order valence-electron chi connectivity index (χ0n) is 16.0. The molecule has 0 unspecified atom stereocenters. The SMILES string of the molecule is c1ccc2cc(OCCCCCNCCNC3CCCCC3)ccc2c1. The van der Waals surface area contributed by atoms with Crippen LogP contribution in [-0.4, -0.2) is 32.3 Å². The van der Waals surface area contributed by atoms with E-state index in [0.29, 0.717) is 0 Å². The van der Waals surface area contributed by atoms with E-state index in [4.69, 9.17) is 4.74 Å². The first-order valence-electron chi connectivity index (χ1n) is 10.5. The first kappa shape index (κ1) is 19.2. The number of nitrogens with one attached hydrogen (secondary N) is 2. The predicted octanol–water partition coefficient (Wildman–Crippen LogP) is 4.90. The van der Waals surface area contributed by atoms with Crippen molar-refractivity contribution < 1.29 is 4.74 Å². The Hall–Kier alpha value is -1.58. The maximum atomic E-state index is 5.90. The van der Waals surface area contributed by atoms with Crippen molar-refractivity contribution in [3.8, 4) is 5.75 Å². The molecule has 0 aliphatic heterocycles. The second-order valence-electron chi connectivity index (χ2n) is 7.46. The van der Waals surface area contributed by atoms with Gasteiger partial charge in [0.25, 0.3) is 0 Å². The smallest absolute Gasteiger partial charge is 0.119 e. The van der Waals surface area contributed by atoms with Crippen LogP contribution in [0.3, 0.4) is 0 Å². The number of unbranched alkanes of at least 4 members (excludes halogenated alkanes) is 2. The van der Waals surface area contributed by atoms with Crippen LogP contribution in [0, 0.1) is 0 Å². The number of hydrogen-bond acceptors (Lipinski definition) is 3. The van der Waals surface area contributed by atoms with Crippen LogP contribution in [0.1, 0.15) is 51.4 Å². The van der Waals surface area contributed by atoms with Crippen molar-refractivity contribution in [2.75, 3.05) is 26.2 Å². The first-order valence-corrected chi connectivity index (χ1v) is 10.5. The summed E-state index contributed by atoms with van der Waals surface area (Å²) in [7, 11) is 0. The molecule has 26 heavy (non-hydrogen) atoms. The summed E-state index contributed by atoms with van der Waals surface area (Å²) in [6, 6.07) is 15.5. The van der Waals surface area contributed by atoms with Gasteiger partial charge in [-0.2, -0.15) is 0 Å². The van der Waals surface area contributed by atoms with Crippen molar-refractivity contribution in [3.05, 3.63) is 42.5 Å². The third-order valence-electron chi connectivity index (χ3n) is 5.33. The largest absolute Gasteiger partial charge is 0.494 e. The summed E-state index contributed by atoms with van der Waals surface area (Å²) >= 11 is 0. The summed E-state index contributed by atoms with van der Waals surface area (Å²) in [4.78, 5) is 0. The number of rotatable bonds is 11. The minimum atomic E-state index is 0.776. The lowest BCUT2D eigenvalue weighted by Crippen LogP contribution is -2.36. The number of benzene rings is 2. The summed E-state index contributed by atoms with van der Waals surface area (Å²) in [5.41, 5.74) is 0. The lowest BCUT2D eigenvalue weighted by Gasteiger charge is -2.22. The second kappa shape index (κ2) is 11.2. The van der Waals surface area contributed by atoms with Crippen LogP contribution in [0.2, 0.25) is 0 Å². The average Bonchev–Trinajstić information content (AvgIpc) is 2.70. The van der Waals surface area contributed by atoms with E-state index in [1.807, 2.05) is 0 Å². The maximum absolute atomic E-state index is 5.90. The summed E-state index contributed by atoms with van der Waals surface area (Å²) in [5, 5.41) is 9.75.